The number of hydrogen-bond donors (Lipinski definition) is 1. The van der Waals surface area contributed by atoms with Crippen molar-refractivity contribution in [2.24, 2.45) is 5.73 Å². The Hall–Kier alpha value is -1.06. The third-order valence-corrected chi connectivity index (χ3v) is 3.12. The van der Waals surface area contributed by atoms with E-state index in [1.165, 1.54) is 11.1 Å². The molecular weight excluding hydrogens is 236 g/mol. The fraction of sp³-hybridized carbons (Fsp3) is 0.625. The van der Waals surface area contributed by atoms with Crippen molar-refractivity contribution in [3.05, 3.63) is 29.3 Å². The fourth-order valence-corrected chi connectivity index (χ4v) is 2.31. The van der Waals surface area contributed by atoms with E-state index in [1.54, 1.807) is 7.11 Å². The molecule has 108 valence electrons. The van der Waals surface area contributed by atoms with Crippen LogP contribution < -0.4 is 10.5 Å². The fourth-order valence-electron chi connectivity index (χ4n) is 2.31. The van der Waals surface area contributed by atoms with Crippen molar-refractivity contribution < 1.29 is 4.74 Å². The van der Waals surface area contributed by atoms with Crippen molar-refractivity contribution in [2.75, 3.05) is 20.7 Å². The maximum Gasteiger partial charge on any atom is 0.122 e. The van der Waals surface area contributed by atoms with Gasteiger partial charge in [0.15, 0.2) is 0 Å². The summed E-state index contributed by atoms with van der Waals surface area (Å²) in [6, 6.07) is 6.64. The first kappa shape index (κ1) is 16.0. The summed E-state index contributed by atoms with van der Waals surface area (Å²) in [6.07, 6.45) is 0. The summed E-state index contributed by atoms with van der Waals surface area (Å²) in [5.41, 5.74) is 8.47. The summed E-state index contributed by atoms with van der Waals surface area (Å²) < 4.78 is 5.46. The van der Waals surface area contributed by atoms with Crippen LogP contribution in [0.5, 0.6) is 5.75 Å². The molecule has 0 saturated carbocycles. The Morgan fingerprint density at radius 1 is 1.32 bits per heavy atom. The zero-order chi connectivity index (χ0) is 14.6. The van der Waals surface area contributed by atoms with Crippen LogP contribution in [-0.4, -0.2) is 31.6 Å². The number of hydrogen-bond acceptors (Lipinski definition) is 3. The van der Waals surface area contributed by atoms with Gasteiger partial charge >= 0.3 is 0 Å². The van der Waals surface area contributed by atoms with E-state index in [1.807, 2.05) is 6.92 Å². The molecule has 0 spiro atoms. The number of ether oxygens (including phenoxy) is 1. The number of benzene rings is 1. The number of likely N-dealkylation sites (N-methyl/N-ethyl adjacent to an activating group) is 1. The smallest absolute Gasteiger partial charge is 0.122 e. The lowest BCUT2D eigenvalue weighted by Crippen LogP contribution is -2.32. The van der Waals surface area contributed by atoms with Gasteiger partial charge in [-0.25, -0.2) is 0 Å². The Labute approximate surface area is 117 Å². The SMILES string of the molecule is COc1ccc(CN(C)CC(C)N)cc1C(C)(C)C. The third kappa shape index (κ3) is 4.84. The van der Waals surface area contributed by atoms with Gasteiger partial charge in [0.25, 0.3) is 0 Å². The molecule has 1 rings (SSSR count). The van der Waals surface area contributed by atoms with E-state index in [0.717, 1.165) is 18.8 Å². The molecule has 3 heteroatoms. The first-order chi connectivity index (χ1) is 8.74. The monoisotopic (exact) mass is 264 g/mol. The van der Waals surface area contributed by atoms with Crippen LogP contribution in [0.25, 0.3) is 0 Å². The lowest BCUT2D eigenvalue weighted by molar-refractivity contribution is 0.309. The van der Waals surface area contributed by atoms with Gasteiger partial charge in [-0.1, -0.05) is 32.9 Å². The Bertz CT molecular complexity index is 408. The molecule has 0 aliphatic rings. The molecule has 0 amide bonds. The average molecular weight is 264 g/mol. The highest BCUT2D eigenvalue weighted by Gasteiger charge is 2.19. The van der Waals surface area contributed by atoms with Crippen LogP contribution in [0.15, 0.2) is 18.2 Å². The lowest BCUT2D eigenvalue weighted by atomic mass is 9.85. The predicted molar refractivity (Wildman–Crippen MR) is 81.7 cm³/mol. The van der Waals surface area contributed by atoms with Gasteiger partial charge in [0.2, 0.25) is 0 Å². The molecule has 1 aromatic carbocycles. The summed E-state index contributed by atoms with van der Waals surface area (Å²) in [6.45, 7) is 10.5. The van der Waals surface area contributed by atoms with E-state index in [0.29, 0.717) is 0 Å². The Morgan fingerprint density at radius 3 is 2.42 bits per heavy atom. The zero-order valence-electron chi connectivity index (χ0n) is 13.2. The maximum atomic E-state index is 5.83. The standard InChI is InChI=1S/C16H28N2O/c1-12(17)10-18(5)11-13-7-8-15(19-6)14(9-13)16(2,3)4/h7-9,12H,10-11,17H2,1-6H3. The molecule has 0 heterocycles. The molecule has 2 N–H and O–H groups in total. The summed E-state index contributed by atoms with van der Waals surface area (Å²) in [4.78, 5) is 2.25. The first-order valence-electron chi connectivity index (χ1n) is 6.85. The molecule has 1 aromatic rings. The van der Waals surface area contributed by atoms with Crippen molar-refractivity contribution in [3.8, 4) is 5.75 Å². The minimum atomic E-state index is 0.0844. The van der Waals surface area contributed by atoms with Gasteiger partial charge in [0, 0.05) is 19.1 Å². The van der Waals surface area contributed by atoms with Crippen molar-refractivity contribution in [2.45, 2.75) is 45.7 Å². The van der Waals surface area contributed by atoms with E-state index in [2.05, 4.69) is 50.9 Å². The largest absolute Gasteiger partial charge is 0.496 e. The second-order valence-corrected chi connectivity index (χ2v) is 6.46. The highest BCUT2D eigenvalue weighted by atomic mass is 16.5. The molecule has 1 unspecified atom stereocenters. The Balaban J connectivity index is 2.93. The van der Waals surface area contributed by atoms with Crippen LogP contribution >= 0.6 is 0 Å². The normalized spacial score (nSPS) is 13.7. The summed E-state index contributed by atoms with van der Waals surface area (Å²) >= 11 is 0. The van der Waals surface area contributed by atoms with Gasteiger partial charge < -0.3 is 15.4 Å². The van der Waals surface area contributed by atoms with Crippen molar-refractivity contribution in [1.82, 2.24) is 4.90 Å². The van der Waals surface area contributed by atoms with Crippen LogP contribution in [0.3, 0.4) is 0 Å². The highest BCUT2D eigenvalue weighted by molar-refractivity contribution is 5.41. The van der Waals surface area contributed by atoms with E-state index in [-0.39, 0.29) is 11.5 Å². The van der Waals surface area contributed by atoms with Crippen LogP contribution in [0, 0.1) is 0 Å². The molecule has 0 radical (unpaired) electrons. The second-order valence-electron chi connectivity index (χ2n) is 6.46. The zero-order valence-corrected chi connectivity index (χ0v) is 13.2. The van der Waals surface area contributed by atoms with Crippen LogP contribution in [0.1, 0.15) is 38.8 Å². The topological polar surface area (TPSA) is 38.5 Å². The lowest BCUT2D eigenvalue weighted by Gasteiger charge is -2.24. The maximum absolute atomic E-state index is 5.83. The molecule has 0 bridgehead atoms. The van der Waals surface area contributed by atoms with E-state index in [4.69, 9.17) is 10.5 Å². The van der Waals surface area contributed by atoms with Crippen LogP contribution in [0.2, 0.25) is 0 Å². The summed E-state index contributed by atoms with van der Waals surface area (Å²) in [5, 5.41) is 0. The van der Waals surface area contributed by atoms with E-state index >= 15 is 0 Å². The summed E-state index contributed by atoms with van der Waals surface area (Å²) in [7, 11) is 3.83. The van der Waals surface area contributed by atoms with E-state index in [9.17, 15) is 0 Å². The van der Waals surface area contributed by atoms with Gasteiger partial charge in [-0.2, -0.15) is 0 Å². The van der Waals surface area contributed by atoms with Crippen molar-refractivity contribution in [3.63, 3.8) is 0 Å². The van der Waals surface area contributed by atoms with Crippen molar-refractivity contribution >= 4 is 0 Å². The average Bonchev–Trinajstić information content (AvgIpc) is 2.26. The van der Waals surface area contributed by atoms with Crippen molar-refractivity contribution in [1.29, 1.82) is 0 Å². The number of methoxy groups -OCH3 is 1. The summed E-state index contributed by atoms with van der Waals surface area (Å²) in [5.74, 6) is 0.964. The highest BCUT2D eigenvalue weighted by Crippen LogP contribution is 2.32. The first-order valence-corrected chi connectivity index (χ1v) is 6.85. The molecule has 0 aliphatic heterocycles. The molecule has 19 heavy (non-hydrogen) atoms. The molecule has 0 saturated heterocycles. The molecule has 0 aromatic heterocycles. The molecule has 0 aliphatic carbocycles. The number of nitrogens with two attached hydrogens (primary N) is 1. The van der Waals surface area contributed by atoms with Gasteiger partial charge in [0.1, 0.15) is 5.75 Å². The Morgan fingerprint density at radius 2 is 1.95 bits per heavy atom. The second kappa shape index (κ2) is 6.40. The van der Waals surface area contributed by atoms with Gasteiger partial charge in [-0.05, 0) is 36.6 Å². The Kier molecular flexibility index (Phi) is 5.39. The number of nitrogens with zero attached hydrogens (tertiary/aromatic N) is 1. The molecule has 3 nitrogen and oxygen atoms in total. The number of rotatable bonds is 5. The van der Waals surface area contributed by atoms with Crippen LogP contribution in [-0.2, 0) is 12.0 Å². The predicted octanol–water partition coefficient (Wildman–Crippen LogP) is 2.77. The molecule has 1 atom stereocenters. The van der Waals surface area contributed by atoms with Gasteiger partial charge in [0.05, 0.1) is 7.11 Å². The van der Waals surface area contributed by atoms with E-state index < -0.39 is 0 Å². The van der Waals surface area contributed by atoms with Crippen LogP contribution in [0.4, 0.5) is 0 Å². The minimum absolute atomic E-state index is 0.0844. The molecular formula is C16H28N2O. The third-order valence-electron chi connectivity index (χ3n) is 3.12. The van der Waals surface area contributed by atoms with Gasteiger partial charge in [-0.3, -0.25) is 0 Å². The minimum Gasteiger partial charge on any atom is -0.496 e. The quantitative estimate of drug-likeness (QED) is 0.888. The molecule has 0 fully saturated rings. The van der Waals surface area contributed by atoms with Gasteiger partial charge in [-0.15, -0.1) is 0 Å².